The molecule has 0 unspecified atom stereocenters. The van der Waals surface area contributed by atoms with Gasteiger partial charge in [0, 0.05) is 25.0 Å². The Labute approximate surface area is 144 Å². The van der Waals surface area contributed by atoms with Crippen LogP contribution in [0.2, 0.25) is 5.02 Å². The zero-order valence-corrected chi connectivity index (χ0v) is 14.0. The molecule has 0 fully saturated rings. The van der Waals surface area contributed by atoms with Crippen LogP contribution < -0.4 is 9.47 Å². The number of hydrogen-bond donors (Lipinski definition) is 0. The first-order chi connectivity index (χ1) is 11.5. The average Bonchev–Trinajstić information content (AvgIpc) is 2.56. The highest BCUT2D eigenvalue weighted by atomic mass is 35.5. The third kappa shape index (κ3) is 3.79. The zero-order chi connectivity index (χ0) is 17.1. The van der Waals surface area contributed by atoms with E-state index in [1.54, 1.807) is 11.0 Å². The summed E-state index contributed by atoms with van der Waals surface area (Å²) in [6, 6.07) is 9.79. The van der Waals surface area contributed by atoms with E-state index in [9.17, 15) is 9.18 Å². The van der Waals surface area contributed by atoms with Gasteiger partial charge >= 0.3 is 0 Å². The lowest BCUT2D eigenvalue weighted by Crippen LogP contribution is -2.28. The quantitative estimate of drug-likeness (QED) is 0.842. The minimum absolute atomic E-state index is 0.0923. The molecule has 2 aromatic carbocycles. The number of ether oxygens (including phenoxy) is 2. The van der Waals surface area contributed by atoms with Gasteiger partial charge < -0.3 is 14.4 Å². The Morgan fingerprint density at radius 3 is 2.58 bits per heavy atom. The van der Waals surface area contributed by atoms with Crippen molar-refractivity contribution >= 4 is 17.5 Å². The number of rotatable bonds is 4. The first-order valence-corrected chi connectivity index (χ1v) is 7.98. The van der Waals surface area contributed by atoms with Gasteiger partial charge in [0.25, 0.3) is 0 Å². The topological polar surface area (TPSA) is 38.8 Å². The van der Waals surface area contributed by atoms with Crippen LogP contribution >= 0.6 is 11.6 Å². The molecule has 0 bridgehead atoms. The number of hydrogen-bond acceptors (Lipinski definition) is 3. The Morgan fingerprint density at radius 1 is 1.12 bits per heavy atom. The van der Waals surface area contributed by atoms with Crippen LogP contribution in [0.15, 0.2) is 36.4 Å². The van der Waals surface area contributed by atoms with Crippen molar-refractivity contribution < 1.29 is 18.7 Å². The standard InChI is InChI=1S/C18H17ClFNO3/c1-12(22)21(11-14-3-4-15(20)9-16(14)19)10-13-2-5-17-18(8-13)24-7-6-23-17/h2-5,8-9H,6-7,10-11H2,1H3. The van der Waals surface area contributed by atoms with Crippen LogP contribution in [0.3, 0.4) is 0 Å². The molecule has 1 amide bonds. The molecule has 24 heavy (non-hydrogen) atoms. The molecule has 1 aliphatic rings. The highest BCUT2D eigenvalue weighted by molar-refractivity contribution is 6.31. The monoisotopic (exact) mass is 349 g/mol. The summed E-state index contributed by atoms with van der Waals surface area (Å²) in [5, 5.41) is 0.309. The molecule has 0 aromatic heterocycles. The van der Waals surface area contributed by atoms with Crippen LogP contribution in [-0.4, -0.2) is 24.0 Å². The number of fused-ring (bicyclic) bond motifs is 1. The SMILES string of the molecule is CC(=O)N(Cc1ccc2c(c1)OCCO2)Cc1ccc(F)cc1Cl. The van der Waals surface area contributed by atoms with Gasteiger partial charge in [0.1, 0.15) is 19.0 Å². The van der Waals surface area contributed by atoms with E-state index in [0.29, 0.717) is 48.4 Å². The fourth-order valence-corrected chi connectivity index (χ4v) is 2.77. The number of benzene rings is 2. The lowest BCUT2D eigenvalue weighted by molar-refractivity contribution is -0.130. The van der Waals surface area contributed by atoms with Gasteiger partial charge in [-0.05, 0) is 35.4 Å². The second-order valence-electron chi connectivity index (χ2n) is 5.59. The average molecular weight is 350 g/mol. The van der Waals surface area contributed by atoms with Crippen LogP contribution in [0, 0.1) is 5.82 Å². The van der Waals surface area contributed by atoms with Gasteiger partial charge in [-0.25, -0.2) is 4.39 Å². The van der Waals surface area contributed by atoms with E-state index in [2.05, 4.69) is 0 Å². The lowest BCUT2D eigenvalue weighted by Gasteiger charge is -2.23. The van der Waals surface area contributed by atoms with E-state index < -0.39 is 5.82 Å². The fourth-order valence-electron chi connectivity index (χ4n) is 2.54. The van der Waals surface area contributed by atoms with Crippen molar-refractivity contribution in [1.82, 2.24) is 4.90 Å². The fraction of sp³-hybridized carbons (Fsp3) is 0.278. The summed E-state index contributed by atoms with van der Waals surface area (Å²) in [5.74, 6) is 0.901. The van der Waals surface area contributed by atoms with Crippen LogP contribution in [0.5, 0.6) is 11.5 Å². The Morgan fingerprint density at radius 2 is 1.88 bits per heavy atom. The molecule has 0 atom stereocenters. The Hall–Kier alpha value is -2.27. The van der Waals surface area contributed by atoms with Crippen LogP contribution in [-0.2, 0) is 17.9 Å². The molecule has 6 heteroatoms. The van der Waals surface area contributed by atoms with E-state index in [0.717, 1.165) is 5.56 Å². The van der Waals surface area contributed by atoms with Gasteiger partial charge in [-0.15, -0.1) is 0 Å². The molecule has 0 spiro atoms. The lowest BCUT2D eigenvalue weighted by atomic mass is 10.1. The molecule has 0 radical (unpaired) electrons. The molecule has 2 aromatic rings. The molecule has 126 valence electrons. The highest BCUT2D eigenvalue weighted by Gasteiger charge is 2.16. The molecule has 4 nitrogen and oxygen atoms in total. The Kier molecular flexibility index (Phi) is 4.90. The summed E-state index contributed by atoms with van der Waals surface area (Å²) < 4.78 is 24.2. The summed E-state index contributed by atoms with van der Waals surface area (Å²) in [7, 11) is 0. The molecule has 0 aliphatic carbocycles. The van der Waals surface area contributed by atoms with Crippen molar-refractivity contribution in [3.63, 3.8) is 0 Å². The van der Waals surface area contributed by atoms with Crippen molar-refractivity contribution in [2.75, 3.05) is 13.2 Å². The maximum Gasteiger partial charge on any atom is 0.220 e. The summed E-state index contributed by atoms with van der Waals surface area (Å²) in [6.07, 6.45) is 0. The molecule has 0 saturated heterocycles. The normalized spacial score (nSPS) is 12.8. The van der Waals surface area contributed by atoms with E-state index in [4.69, 9.17) is 21.1 Å². The van der Waals surface area contributed by atoms with Gasteiger partial charge in [0.05, 0.1) is 0 Å². The van der Waals surface area contributed by atoms with Crippen molar-refractivity contribution in [3.05, 3.63) is 58.4 Å². The van der Waals surface area contributed by atoms with Crippen molar-refractivity contribution in [2.45, 2.75) is 20.0 Å². The van der Waals surface area contributed by atoms with E-state index in [-0.39, 0.29) is 5.91 Å². The maximum atomic E-state index is 13.2. The summed E-state index contributed by atoms with van der Waals surface area (Å²) in [6.45, 7) is 3.26. The maximum absolute atomic E-state index is 13.2. The first-order valence-electron chi connectivity index (χ1n) is 7.61. The van der Waals surface area contributed by atoms with Crippen molar-refractivity contribution in [1.29, 1.82) is 0 Å². The molecule has 0 N–H and O–H groups in total. The predicted octanol–water partition coefficient (Wildman–Crippen LogP) is 3.80. The molecular weight excluding hydrogens is 333 g/mol. The third-order valence-corrected chi connectivity index (χ3v) is 4.15. The van der Waals surface area contributed by atoms with Crippen LogP contribution in [0.4, 0.5) is 4.39 Å². The van der Waals surface area contributed by atoms with E-state index >= 15 is 0 Å². The number of nitrogens with zero attached hydrogens (tertiary/aromatic N) is 1. The molecule has 1 aliphatic heterocycles. The van der Waals surface area contributed by atoms with E-state index in [1.165, 1.54) is 19.1 Å². The van der Waals surface area contributed by atoms with Crippen molar-refractivity contribution in [2.24, 2.45) is 0 Å². The Bertz CT molecular complexity index is 766. The van der Waals surface area contributed by atoms with Crippen LogP contribution in [0.25, 0.3) is 0 Å². The second-order valence-corrected chi connectivity index (χ2v) is 6.00. The summed E-state index contributed by atoms with van der Waals surface area (Å²) in [4.78, 5) is 13.6. The minimum Gasteiger partial charge on any atom is -0.486 e. The number of amides is 1. The molecular formula is C18H17ClFNO3. The van der Waals surface area contributed by atoms with Gasteiger partial charge in [-0.3, -0.25) is 4.79 Å². The summed E-state index contributed by atoms with van der Waals surface area (Å²) >= 11 is 6.06. The third-order valence-electron chi connectivity index (χ3n) is 3.80. The van der Waals surface area contributed by atoms with Gasteiger partial charge in [-0.2, -0.15) is 0 Å². The van der Waals surface area contributed by atoms with Crippen molar-refractivity contribution in [3.8, 4) is 11.5 Å². The van der Waals surface area contributed by atoms with E-state index in [1.807, 2.05) is 18.2 Å². The van der Waals surface area contributed by atoms with Gasteiger partial charge in [0.2, 0.25) is 5.91 Å². The largest absolute Gasteiger partial charge is 0.486 e. The first kappa shape index (κ1) is 16.6. The molecule has 0 saturated carbocycles. The number of carbonyl (C=O) groups excluding carboxylic acids is 1. The highest BCUT2D eigenvalue weighted by Crippen LogP contribution is 2.31. The minimum atomic E-state index is -0.398. The smallest absolute Gasteiger partial charge is 0.220 e. The van der Waals surface area contributed by atoms with Gasteiger partial charge in [-0.1, -0.05) is 23.7 Å². The van der Waals surface area contributed by atoms with Crippen LogP contribution in [0.1, 0.15) is 18.1 Å². The predicted molar refractivity (Wildman–Crippen MR) is 88.8 cm³/mol. The summed E-state index contributed by atoms with van der Waals surface area (Å²) in [5.41, 5.74) is 1.62. The van der Waals surface area contributed by atoms with Gasteiger partial charge in [0.15, 0.2) is 11.5 Å². The zero-order valence-electron chi connectivity index (χ0n) is 13.2. The number of carbonyl (C=O) groups is 1. The number of halogens is 2. The second kappa shape index (κ2) is 7.09. The Balaban J connectivity index is 1.78. The molecule has 3 rings (SSSR count). The molecule has 1 heterocycles.